The van der Waals surface area contributed by atoms with Gasteiger partial charge in [0.25, 0.3) is 11.8 Å². The number of nitrogens with one attached hydrogen (secondary N) is 8. The van der Waals surface area contributed by atoms with Gasteiger partial charge in [-0.05, 0) is 110 Å². The third-order valence-corrected chi connectivity index (χ3v) is 22.7. The number of piperidine rings is 1. The molecular formula is C81H119N15O19S. The molecule has 3 aromatic rings. The van der Waals surface area contributed by atoms with Gasteiger partial charge in [0.15, 0.2) is 0 Å². The first-order valence-electron chi connectivity index (χ1n) is 40.0. The standard InChI is InChI=1S/C81H119N15O19S/c1-14-32-83-73(103)60(86-51(9)97)46-115-80(109)92(10)44-55-41-56(87-74(104)58(23-19-33-85-79(82)108)88-75(105)67(47(3)4)90-63(98)31-37-113-38-36-95-64(99)29-30-65(95)100)27-25-54(55)45-114-81(110)96-57-28-26-53(42-57)70(96)76(106)91-68(48(5)6)78(107)93(11)69(49(7)15-2)62(111-12)43-66(101)94-35-20-24-61(94)71(112-13)50(8)72(102)89-59(77-84-34-39-116-77)40-52-21-17-16-18-22-52/h16-18,21-22,25,27,29-30,34,39,41,47-50,53,57-62,67-71H,14-15,19-20,23-24,26,28,31-33,35-38,40,42-46H2,1-13H3,(H,83,103)(H,86,97)(H,87,104)(H,88,105)(H,89,102)(H,90,98)(H,91,106)(H3,82,85,108)/t49-,50+,53-,57+,58-,59-,60-,61-,62+,67-,68-,69-,70-,71+/m0/s1. The van der Waals surface area contributed by atoms with Crippen LogP contribution in [0.2, 0.25) is 0 Å². The monoisotopic (exact) mass is 1640 g/mol. The smallest absolute Gasteiger partial charge is 0.411 e. The number of hydrogen-bond donors (Lipinski definition) is 9. The Morgan fingerprint density at radius 2 is 1.47 bits per heavy atom. The number of benzene rings is 2. The summed E-state index contributed by atoms with van der Waals surface area (Å²) in [4.78, 5) is 202. The molecule has 3 aliphatic heterocycles. The molecule has 2 saturated heterocycles. The third-order valence-electron chi connectivity index (χ3n) is 21.8. The lowest BCUT2D eigenvalue weighted by Gasteiger charge is -2.41. The molecule has 2 bridgehead atoms. The Morgan fingerprint density at radius 1 is 0.750 bits per heavy atom. The highest BCUT2D eigenvalue weighted by atomic mass is 32.1. The number of ether oxygens (including phenoxy) is 5. The number of likely N-dealkylation sites (N-methyl/N-ethyl adjacent to an activating group) is 1. The van der Waals surface area contributed by atoms with Crippen molar-refractivity contribution < 1.29 is 90.8 Å². The number of fused-ring (bicyclic) bond motifs is 2. The van der Waals surface area contributed by atoms with E-state index in [1.165, 1.54) is 55.5 Å². The van der Waals surface area contributed by atoms with Gasteiger partial charge in [0, 0.05) is 103 Å². The van der Waals surface area contributed by atoms with Crippen LogP contribution in [0.15, 0.2) is 72.3 Å². The second kappa shape index (κ2) is 45.4. The number of urea groups is 1. The summed E-state index contributed by atoms with van der Waals surface area (Å²) < 4.78 is 29.5. The van der Waals surface area contributed by atoms with Crippen LogP contribution in [-0.2, 0) is 96.0 Å². The highest BCUT2D eigenvalue weighted by Crippen LogP contribution is 2.43. The van der Waals surface area contributed by atoms with Crippen molar-refractivity contribution in [3.05, 3.63) is 94.0 Å². The second-order valence-electron chi connectivity index (χ2n) is 30.8. The Balaban J connectivity index is 1.06. The highest BCUT2D eigenvalue weighted by Gasteiger charge is 2.53. The molecule has 4 heterocycles. The first kappa shape index (κ1) is 93.0. The van der Waals surface area contributed by atoms with Gasteiger partial charge >= 0.3 is 18.2 Å². The molecule has 34 nitrogen and oxygen atoms in total. The van der Waals surface area contributed by atoms with E-state index in [1.54, 1.807) is 64.8 Å². The molecule has 3 fully saturated rings. The summed E-state index contributed by atoms with van der Waals surface area (Å²) in [7, 11) is 6.07. The number of methoxy groups -OCH3 is 2. The summed E-state index contributed by atoms with van der Waals surface area (Å²) in [5.41, 5.74) is 7.10. The maximum absolute atomic E-state index is 15.2. The third kappa shape index (κ3) is 26.2. The molecule has 7 rings (SSSR count). The van der Waals surface area contributed by atoms with Crippen molar-refractivity contribution in [3.63, 3.8) is 0 Å². The summed E-state index contributed by atoms with van der Waals surface area (Å²) in [6.45, 7) is 15.0. The zero-order valence-corrected chi connectivity index (χ0v) is 69.8. The Kier molecular flexibility index (Phi) is 36.4. The molecule has 35 heteroatoms. The van der Waals surface area contributed by atoms with Crippen molar-refractivity contribution in [2.75, 3.05) is 79.6 Å². The van der Waals surface area contributed by atoms with Crippen LogP contribution in [0.4, 0.5) is 20.1 Å². The molecule has 15 amide bonds. The van der Waals surface area contributed by atoms with Gasteiger partial charge in [-0.1, -0.05) is 98.2 Å². The number of thiazole rings is 1. The molecule has 638 valence electrons. The number of nitrogens with two attached hydrogens (primary N) is 1. The maximum Gasteiger partial charge on any atom is 0.411 e. The fraction of sp³-hybridized carbons (Fsp3) is 0.617. The van der Waals surface area contributed by atoms with Gasteiger partial charge in [-0.2, -0.15) is 0 Å². The molecule has 116 heavy (non-hydrogen) atoms. The van der Waals surface area contributed by atoms with E-state index in [0.717, 1.165) is 32.5 Å². The number of nitrogens with zero attached hydrogens (tertiary/aromatic N) is 6. The first-order chi connectivity index (χ1) is 55.3. The van der Waals surface area contributed by atoms with Crippen LogP contribution in [0.3, 0.4) is 0 Å². The Hall–Kier alpha value is -10.1. The van der Waals surface area contributed by atoms with E-state index >= 15 is 9.59 Å². The molecule has 0 radical (unpaired) electrons. The normalized spacial score (nSPS) is 18.8. The minimum Gasteiger partial charge on any atom is -0.447 e. The molecule has 0 spiro atoms. The van der Waals surface area contributed by atoms with Crippen LogP contribution in [-0.4, -0.2) is 248 Å². The molecule has 1 saturated carbocycles. The fourth-order valence-corrected chi connectivity index (χ4v) is 16.0. The van der Waals surface area contributed by atoms with Crippen LogP contribution in [0.5, 0.6) is 0 Å². The van der Waals surface area contributed by atoms with Gasteiger partial charge in [-0.3, -0.25) is 62.5 Å². The number of anilines is 1. The minimum absolute atomic E-state index is 0.0160. The quantitative estimate of drug-likeness (QED) is 0.0272. The SMILES string of the molecule is CCCNC(=O)[C@H](COC(=O)N(C)Cc1cc(NC(=O)[C@H](CCCNC(N)=O)NC(=O)[C@@H](NC(=O)CCOCCN2C(=O)C=CC2=O)C(C)C)ccc1COC(=O)N1[C@@H]2CC[C@@H](C2)[C@H]1C(=O)N[C@H](C(=O)N(C)[C@@H]([C@@H](C)CC)[C@@H](CC(=O)N1CCC[C@H]1[C@H](OC)[C@@H](C)C(=O)N[C@@H](Cc1ccccc1)c1nccs1)OC)C(C)C)NC(C)=O. The van der Waals surface area contributed by atoms with Crippen LogP contribution < -0.4 is 48.3 Å². The summed E-state index contributed by atoms with van der Waals surface area (Å²) >= 11 is 1.46. The molecule has 0 unspecified atom stereocenters. The zero-order valence-electron chi connectivity index (χ0n) is 68.9. The number of primary amides is 1. The van der Waals surface area contributed by atoms with Crippen molar-refractivity contribution in [3.8, 4) is 0 Å². The molecule has 2 aromatic carbocycles. The maximum atomic E-state index is 15.2. The number of likely N-dealkylation sites (tertiary alicyclic amines) is 2. The van der Waals surface area contributed by atoms with Crippen molar-refractivity contribution in [2.24, 2.45) is 35.3 Å². The number of carbonyl (C=O) groups is 14. The van der Waals surface area contributed by atoms with E-state index < -0.39 is 169 Å². The van der Waals surface area contributed by atoms with Crippen LogP contribution in [0.25, 0.3) is 0 Å². The predicted molar refractivity (Wildman–Crippen MR) is 429 cm³/mol. The van der Waals surface area contributed by atoms with E-state index in [2.05, 4.69) is 47.5 Å². The number of amides is 15. The first-order valence-corrected chi connectivity index (χ1v) is 40.9. The van der Waals surface area contributed by atoms with Crippen LogP contribution in [0, 0.1) is 29.6 Å². The van der Waals surface area contributed by atoms with Crippen molar-refractivity contribution in [1.29, 1.82) is 0 Å². The lowest BCUT2D eigenvalue weighted by atomic mass is 9.89. The summed E-state index contributed by atoms with van der Waals surface area (Å²) in [5.74, 6) is -7.82. The van der Waals surface area contributed by atoms with E-state index in [9.17, 15) is 57.5 Å². The number of imide groups is 1. The number of aromatic nitrogens is 1. The Labute approximate surface area is 682 Å². The van der Waals surface area contributed by atoms with Crippen molar-refractivity contribution in [1.82, 2.24) is 66.7 Å². The van der Waals surface area contributed by atoms with Gasteiger partial charge in [-0.25, -0.2) is 19.4 Å². The Bertz CT molecular complexity index is 3890. The molecule has 14 atom stereocenters. The van der Waals surface area contributed by atoms with Gasteiger partial charge in [0.1, 0.15) is 48.4 Å². The lowest BCUT2D eigenvalue weighted by Crippen LogP contribution is -2.60. The fourth-order valence-electron chi connectivity index (χ4n) is 15.3. The van der Waals surface area contributed by atoms with E-state index in [1.807, 2.05) is 56.5 Å². The van der Waals surface area contributed by atoms with Gasteiger partial charge in [0.05, 0.1) is 62.4 Å². The molecular weight excluding hydrogens is 1520 g/mol. The average molecular weight is 1640 g/mol. The van der Waals surface area contributed by atoms with Crippen molar-refractivity contribution in [2.45, 2.75) is 219 Å². The number of hydrogen-bond acceptors (Lipinski definition) is 21. The van der Waals surface area contributed by atoms with Crippen LogP contribution >= 0.6 is 11.3 Å². The largest absolute Gasteiger partial charge is 0.447 e. The van der Waals surface area contributed by atoms with Gasteiger partial charge in [-0.15, -0.1) is 11.3 Å². The topological polar surface area (TPSA) is 436 Å². The zero-order chi connectivity index (χ0) is 85.0. The molecule has 10 N–H and O–H groups in total. The summed E-state index contributed by atoms with van der Waals surface area (Å²) in [5, 5.41) is 24.7. The average Bonchev–Trinajstić information content (AvgIpc) is 1.61. The second-order valence-corrected chi connectivity index (χ2v) is 31.8. The summed E-state index contributed by atoms with van der Waals surface area (Å²) in [6.07, 6.45) is 5.09. The van der Waals surface area contributed by atoms with Gasteiger partial charge in [0.2, 0.25) is 53.2 Å². The highest BCUT2D eigenvalue weighted by molar-refractivity contribution is 7.09. The van der Waals surface area contributed by atoms with Crippen molar-refractivity contribution >= 4 is 100 Å². The summed E-state index contributed by atoms with van der Waals surface area (Å²) in [6, 6.07) is 5.72. The molecule has 1 aliphatic carbocycles. The van der Waals surface area contributed by atoms with E-state index in [4.69, 9.17) is 29.4 Å². The van der Waals surface area contributed by atoms with Gasteiger partial charge < -0.3 is 86.7 Å². The molecule has 1 aromatic heterocycles. The Morgan fingerprint density at radius 3 is 2.10 bits per heavy atom. The van der Waals surface area contributed by atoms with E-state index in [0.29, 0.717) is 69.0 Å². The minimum atomic E-state index is -1.30. The number of rotatable bonds is 45. The lowest BCUT2D eigenvalue weighted by molar-refractivity contribution is -0.148. The van der Waals surface area contributed by atoms with Crippen LogP contribution in [0.1, 0.15) is 161 Å². The number of carbonyl (C=O) groups excluding carboxylic acids is 14. The van der Waals surface area contributed by atoms with E-state index in [-0.39, 0.29) is 94.4 Å². The molecule has 4 aliphatic rings. The predicted octanol–water partition coefficient (Wildman–Crippen LogP) is 4.74.